The molecular weight excluding hydrogens is 241 g/mol. The number of benzene rings is 1. The summed E-state index contributed by atoms with van der Waals surface area (Å²) in [6, 6.07) is 6.20. The molecule has 0 radical (unpaired) electrons. The third-order valence-corrected chi connectivity index (χ3v) is 2.21. The standard InChI is InChI=1S/C10H12ClF3N2/c11-8-1-3-9(4-2-8)16(6-5-15)7-10(12,13)14/h1-4H,5-7,15H2. The quantitative estimate of drug-likeness (QED) is 0.893. The lowest BCUT2D eigenvalue weighted by molar-refractivity contribution is -0.119. The van der Waals surface area contributed by atoms with Gasteiger partial charge in [0.2, 0.25) is 0 Å². The zero-order valence-electron chi connectivity index (χ0n) is 8.47. The third-order valence-electron chi connectivity index (χ3n) is 1.96. The van der Waals surface area contributed by atoms with Crippen molar-refractivity contribution in [1.82, 2.24) is 0 Å². The second-order valence-corrected chi connectivity index (χ2v) is 3.74. The topological polar surface area (TPSA) is 29.3 Å². The normalized spacial score (nSPS) is 11.6. The van der Waals surface area contributed by atoms with Crippen LogP contribution in [0.15, 0.2) is 24.3 Å². The Balaban J connectivity index is 2.80. The van der Waals surface area contributed by atoms with Gasteiger partial charge in [-0.25, -0.2) is 0 Å². The van der Waals surface area contributed by atoms with Gasteiger partial charge >= 0.3 is 6.18 Å². The molecule has 0 aromatic heterocycles. The van der Waals surface area contributed by atoms with Gasteiger partial charge in [-0.1, -0.05) is 11.6 Å². The van der Waals surface area contributed by atoms with E-state index in [9.17, 15) is 13.2 Å². The van der Waals surface area contributed by atoms with E-state index in [1.807, 2.05) is 0 Å². The first-order chi connectivity index (χ1) is 7.42. The summed E-state index contributed by atoms with van der Waals surface area (Å²) >= 11 is 5.66. The summed E-state index contributed by atoms with van der Waals surface area (Å²) in [5.41, 5.74) is 5.75. The maximum Gasteiger partial charge on any atom is 0.405 e. The number of alkyl halides is 3. The Hall–Kier alpha value is -0.940. The molecular formula is C10H12ClF3N2. The predicted molar refractivity (Wildman–Crippen MR) is 58.8 cm³/mol. The molecule has 0 heterocycles. The average Bonchev–Trinajstić information content (AvgIpc) is 2.16. The summed E-state index contributed by atoms with van der Waals surface area (Å²) in [4.78, 5) is 1.18. The van der Waals surface area contributed by atoms with E-state index in [-0.39, 0.29) is 13.1 Å². The fourth-order valence-electron chi connectivity index (χ4n) is 1.32. The second-order valence-electron chi connectivity index (χ2n) is 3.30. The van der Waals surface area contributed by atoms with Gasteiger partial charge in [0, 0.05) is 23.8 Å². The second kappa shape index (κ2) is 5.41. The summed E-state index contributed by atoms with van der Waals surface area (Å²) in [6.45, 7) is -0.689. The first-order valence-electron chi connectivity index (χ1n) is 4.70. The van der Waals surface area contributed by atoms with E-state index in [1.165, 1.54) is 4.90 Å². The van der Waals surface area contributed by atoms with E-state index in [1.54, 1.807) is 24.3 Å². The maximum atomic E-state index is 12.3. The van der Waals surface area contributed by atoms with Crippen LogP contribution in [0, 0.1) is 0 Å². The van der Waals surface area contributed by atoms with E-state index in [4.69, 9.17) is 17.3 Å². The van der Waals surface area contributed by atoms with Gasteiger partial charge in [0.1, 0.15) is 6.54 Å². The van der Waals surface area contributed by atoms with Crippen molar-refractivity contribution in [3.63, 3.8) is 0 Å². The molecule has 2 nitrogen and oxygen atoms in total. The molecule has 0 aliphatic rings. The number of hydrogen-bond acceptors (Lipinski definition) is 2. The van der Waals surface area contributed by atoms with Crippen molar-refractivity contribution < 1.29 is 13.2 Å². The zero-order chi connectivity index (χ0) is 12.2. The molecule has 6 heteroatoms. The van der Waals surface area contributed by atoms with Gasteiger partial charge in [-0.2, -0.15) is 13.2 Å². The van der Waals surface area contributed by atoms with Crippen molar-refractivity contribution in [3.05, 3.63) is 29.3 Å². The number of halogens is 4. The number of hydrogen-bond donors (Lipinski definition) is 1. The zero-order valence-corrected chi connectivity index (χ0v) is 9.22. The van der Waals surface area contributed by atoms with Crippen LogP contribution >= 0.6 is 11.6 Å². The van der Waals surface area contributed by atoms with Gasteiger partial charge in [-0.3, -0.25) is 0 Å². The first kappa shape index (κ1) is 13.1. The lowest BCUT2D eigenvalue weighted by Gasteiger charge is -2.25. The minimum Gasteiger partial charge on any atom is -0.361 e. The highest BCUT2D eigenvalue weighted by Crippen LogP contribution is 2.23. The van der Waals surface area contributed by atoms with Crippen molar-refractivity contribution in [3.8, 4) is 0 Å². The van der Waals surface area contributed by atoms with Gasteiger partial charge < -0.3 is 10.6 Å². The van der Waals surface area contributed by atoms with Crippen molar-refractivity contribution in [2.24, 2.45) is 5.73 Å². The average molecular weight is 253 g/mol. The molecule has 90 valence electrons. The highest BCUT2D eigenvalue weighted by molar-refractivity contribution is 6.30. The fourth-order valence-corrected chi connectivity index (χ4v) is 1.45. The molecule has 16 heavy (non-hydrogen) atoms. The lowest BCUT2D eigenvalue weighted by atomic mass is 10.3. The van der Waals surface area contributed by atoms with Crippen molar-refractivity contribution >= 4 is 17.3 Å². The van der Waals surface area contributed by atoms with Crippen LogP contribution in [0.2, 0.25) is 5.02 Å². The number of nitrogens with two attached hydrogens (primary N) is 1. The van der Waals surface area contributed by atoms with Gasteiger partial charge in [-0.15, -0.1) is 0 Å². The Morgan fingerprint density at radius 3 is 2.19 bits per heavy atom. The van der Waals surface area contributed by atoms with E-state index >= 15 is 0 Å². The van der Waals surface area contributed by atoms with Crippen LogP contribution in [-0.2, 0) is 0 Å². The molecule has 0 amide bonds. The molecule has 0 aliphatic carbocycles. The minimum atomic E-state index is -4.24. The molecule has 0 fully saturated rings. The lowest BCUT2D eigenvalue weighted by Crippen LogP contribution is -2.37. The van der Waals surface area contributed by atoms with Crippen LogP contribution in [0.3, 0.4) is 0 Å². The molecule has 0 unspecified atom stereocenters. The molecule has 0 saturated heterocycles. The maximum absolute atomic E-state index is 12.3. The van der Waals surface area contributed by atoms with E-state index in [0.717, 1.165) is 0 Å². The number of anilines is 1. The largest absolute Gasteiger partial charge is 0.405 e. The Kier molecular flexibility index (Phi) is 4.44. The van der Waals surface area contributed by atoms with Gasteiger partial charge in [0.25, 0.3) is 0 Å². The summed E-state index contributed by atoms with van der Waals surface area (Å²) < 4.78 is 36.9. The van der Waals surface area contributed by atoms with Crippen LogP contribution in [-0.4, -0.2) is 25.8 Å². The summed E-state index contributed by atoms with van der Waals surface area (Å²) in [5.74, 6) is 0. The SMILES string of the molecule is NCCN(CC(F)(F)F)c1ccc(Cl)cc1. The van der Waals surface area contributed by atoms with Gasteiger partial charge in [-0.05, 0) is 24.3 Å². The fraction of sp³-hybridized carbons (Fsp3) is 0.400. The Morgan fingerprint density at radius 1 is 1.19 bits per heavy atom. The van der Waals surface area contributed by atoms with Crippen LogP contribution in [0.4, 0.5) is 18.9 Å². The summed E-state index contributed by atoms with van der Waals surface area (Å²) in [6.07, 6.45) is -4.24. The third kappa shape index (κ3) is 4.28. The van der Waals surface area contributed by atoms with E-state index in [2.05, 4.69) is 0 Å². The molecule has 0 bridgehead atoms. The molecule has 0 saturated carbocycles. The molecule has 0 spiro atoms. The van der Waals surface area contributed by atoms with Crippen molar-refractivity contribution in [2.75, 3.05) is 24.5 Å². The van der Waals surface area contributed by atoms with Crippen LogP contribution in [0.1, 0.15) is 0 Å². The highest BCUT2D eigenvalue weighted by atomic mass is 35.5. The highest BCUT2D eigenvalue weighted by Gasteiger charge is 2.30. The molecule has 0 aliphatic heterocycles. The van der Waals surface area contributed by atoms with Gasteiger partial charge in [0.05, 0.1) is 0 Å². The summed E-state index contributed by atoms with van der Waals surface area (Å²) in [5, 5.41) is 0.489. The van der Waals surface area contributed by atoms with Gasteiger partial charge in [0.15, 0.2) is 0 Å². The molecule has 1 aromatic carbocycles. The van der Waals surface area contributed by atoms with Crippen LogP contribution in [0.25, 0.3) is 0 Å². The first-order valence-corrected chi connectivity index (χ1v) is 5.07. The Labute approximate surface area is 96.8 Å². The molecule has 1 rings (SSSR count). The van der Waals surface area contributed by atoms with Crippen molar-refractivity contribution in [1.29, 1.82) is 0 Å². The minimum absolute atomic E-state index is 0.154. The van der Waals surface area contributed by atoms with E-state index < -0.39 is 12.7 Å². The number of nitrogens with zero attached hydrogens (tertiary/aromatic N) is 1. The predicted octanol–water partition coefficient (Wildman–Crippen LogP) is 2.67. The van der Waals surface area contributed by atoms with E-state index in [0.29, 0.717) is 10.7 Å². The smallest absolute Gasteiger partial charge is 0.361 e. The summed E-state index contributed by atoms with van der Waals surface area (Å²) in [7, 11) is 0. The van der Waals surface area contributed by atoms with Crippen LogP contribution < -0.4 is 10.6 Å². The Morgan fingerprint density at radius 2 is 1.75 bits per heavy atom. The molecule has 0 atom stereocenters. The Bertz CT molecular complexity index is 324. The number of rotatable bonds is 4. The van der Waals surface area contributed by atoms with Crippen LogP contribution in [0.5, 0.6) is 0 Å². The monoisotopic (exact) mass is 252 g/mol. The molecule has 1 aromatic rings. The van der Waals surface area contributed by atoms with Crippen molar-refractivity contribution in [2.45, 2.75) is 6.18 Å². The molecule has 2 N–H and O–H groups in total.